The summed E-state index contributed by atoms with van der Waals surface area (Å²) in [6.07, 6.45) is -5.22. The van der Waals surface area contributed by atoms with Crippen molar-refractivity contribution >= 4 is 0 Å². The summed E-state index contributed by atoms with van der Waals surface area (Å²) in [4.78, 5) is 0. The molecule has 0 fully saturated rings. The zero-order valence-electron chi connectivity index (χ0n) is 9.80. The van der Waals surface area contributed by atoms with Gasteiger partial charge in [0.05, 0.1) is 0 Å². The van der Waals surface area contributed by atoms with Gasteiger partial charge >= 0.3 is 6.18 Å². The molecule has 0 saturated carbocycles. The molecule has 0 aliphatic rings. The van der Waals surface area contributed by atoms with Crippen molar-refractivity contribution in [3.05, 3.63) is 28.8 Å². The first-order valence-corrected chi connectivity index (χ1v) is 5.33. The van der Waals surface area contributed by atoms with Crippen LogP contribution in [0.5, 0.6) is 5.75 Å². The summed E-state index contributed by atoms with van der Waals surface area (Å²) >= 11 is 0. The van der Waals surface area contributed by atoms with Gasteiger partial charge in [0.1, 0.15) is 5.75 Å². The minimum absolute atomic E-state index is 0.146. The number of alkyl halides is 3. The summed E-state index contributed by atoms with van der Waals surface area (Å²) in [5.74, 6) is 0.164. The van der Waals surface area contributed by atoms with E-state index in [1.807, 2.05) is 0 Å². The molecule has 96 valence electrons. The highest BCUT2D eigenvalue weighted by Crippen LogP contribution is 2.30. The third-order valence-corrected chi connectivity index (χ3v) is 2.68. The lowest BCUT2D eigenvalue weighted by Gasteiger charge is -2.15. The summed E-state index contributed by atoms with van der Waals surface area (Å²) in [5, 5.41) is 9.55. The second-order valence-electron chi connectivity index (χ2n) is 4.26. The summed E-state index contributed by atoms with van der Waals surface area (Å²) in [5.41, 5.74) is 7.59. The molecular formula is C12H16F3NO. The number of aromatic hydroxyl groups is 1. The van der Waals surface area contributed by atoms with Gasteiger partial charge in [-0.25, -0.2) is 0 Å². The second kappa shape index (κ2) is 4.96. The molecule has 0 aromatic heterocycles. The van der Waals surface area contributed by atoms with Gasteiger partial charge in [-0.05, 0) is 37.0 Å². The molecule has 1 aromatic rings. The number of aryl methyl sites for hydroxylation is 2. The number of phenolic OH excluding ortho intramolecular Hbond substituents is 1. The number of rotatable bonds is 3. The summed E-state index contributed by atoms with van der Waals surface area (Å²) < 4.78 is 36.2. The predicted molar refractivity (Wildman–Crippen MR) is 59.8 cm³/mol. The van der Waals surface area contributed by atoms with Gasteiger partial charge in [0, 0.05) is 12.5 Å². The molecule has 2 nitrogen and oxygen atoms in total. The maximum Gasteiger partial charge on any atom is 0.389 e. The first-order chi connectivity index (χ1) is 7.70. The van der Waals surface area contributed by atoms with E-state index in [0.29, 0.717) is 16.7 Å². The Morgan fingerprint density at radius 1 is 1.24 bits per heavy atom. The van der Waals surface area contributed by atoms with Crippen LogP contribution in [-0.2, 0) is 0 Å². The Bertz CT molecular complexity index is 378. The van der Waals surface area contributed by atoms with Gasteiger partial charge in [0.2, 0.25) is 0 Å². The van der Waals surface area contributed by atoms with Gasteiger partial charge in [-0.15, -0.1) is 0 Å². The van der Waals surface area contributed by atoms with Gasteiger partial charge in [-0.1, -0.05) is 12.1 Å². The molecule has 1 rings (SSSR count). The molecule has 0 aliphatic heterocycles. The highest BCUT2D eigenvalue weighted by Gasteiger charge is 2.27. The van der Waals surface area contributed by atoms with E-state index in [4.69, 9.17) is 5.73 Å². The van der Waals surface area contributed by atoms with Crippen LogP contribution in [0.1, 0.15) is 35.6 Å². The minimum Gasteiger partial charge on any atom is -0.507 e. The highest BCUT2D eigenvalue weighted by atomic mass is 19.4. The molecule has 0 radical (unpaired) electrons. The van der Waals surface area contributed by atoms with Crippen LogP contribution in [0.3, 0.4) is 0 Å². The zero-order chi connectivity index (χ0) is 13.2. The lowest BCUT2D eigenvalue weighted by molar-refractivity contribution is -0.136. The van der Waals surface area contributed by atoms with Crippen molar-refractivity contribution in [3.63, 3.8) is 0 Å². The predicted octanol–water partition coefficient (Wildman–Crippen LogP) is 3.35. The summed E-state index contributed by atoms with van der Waals surface area (Å²) in [7, 11) is 0. The van der Waals surface area contributed by atoms with Crippen LogP contribution in [-0.4, -0.2) is 11.3 Å². The fourth-order valence-electron chi connectivity index (χ4n) is 1.69. The molecular weight excluding hydrogens is 231 g/mol. The van der Waals surface area contributed by atoms with Crippen molar-refractivity contribution in [3.8, 4) is 5.75 Å². The van der Waals surface area contributed by atoms with Crippen LogP contribution in [0.25, 0.3) is 0 Å². The normalized spacial score (nSPS) is 13.8. The van der Waals surface area contributed by atoms with E-state index in [1.165, 1.54) is 0 Å². The SMILES string of the molecule is Cc1cc([C@@H](N)CCC(F)(F)F)cc(C)c1O. The number of hydrogen-bond acceptors (Lipinski definition) is 2. The maximum atomic E-state index is 12.1. The van der Waals surface area contributed by atoms with E-state index in [2.05, 4.69) is 0 Å². The second-order valence-corrected chi connectivity index (χ2v) is 4.26. The Morgan fingerprint density at radius 2 is 1.71 bits per heavy atom. The first-order valence-electron chi connectivity index (χ1n) is 5.33. The zero-order valence-corrected chi connectivity index (χ0v) is 9.80. The van der Waals surface area contributed by atoms with E-state index >= 15 is 0 Å². The number of benzene rings is 1. The fraction of sp³-hybridized carbons (Fsp3) is 0.500. The monoisotopic (exact) mass is 247 g/mol. The Balaban J connectivity index is 2.79. The van der Waals surface area contributed by atoms with Crippen LogP contribution in [0, 0.1) is 13.8 Å². The third-order valence-electron chi connectivity index (χ3n) is 2.68. The van der Waals surface area contributed by atoms with Crippen molar-refractivity contribution in [1.29, 1.82) is 0 Å². The molecule has 0 bridgehead atoms. The highest BCUT2D eigenvalue weighted by molar-refractivity contribution is 5.43. The quantitative estimate of drug-likeness (QED) is 0.860. The number of nitrogens with two attached hydrogens (primary N) is 1. The van der Waals surface area contributed by atoms with Gasteiger partial charge in [0.25, 0.3) is 0 Å². The van der Waals surface area contributed by atoms with Crippen molar-refractivity contribution in [2.24, 2.45) is 5.73 Å². The number of halogens is 3. The van der Waals surface area contributed by atoms with Crippen molar-refractivity contribution in [2.45, 2.75) is 38.9 Å². The molecule has 0 amide bonds. The minimum atomic E-state index is -4.18. The van der Waals surface area contributed by atoms with E-state index in [9.17, 15) is 18.3 Å². The van der Waals surface area contributed by atoms with E-state index in [1.54, 1.807) is 26.0 Å². The lowest BCUT2D eigenvalue weighted by Crippen LogP contribution is -2.16. The third kappa shape index (κ3) is 3.93. The molecule has 5 heteroatoms. The topological polar surface area (TPSA) is 46.2 Å². The Kier molecular flexibility index (Phi) is 4.03. The molecule has 1 aromatic carbocycles. The van der Waals surface area contributed by atoms with Crippen molar-refractivity contribution in [1.82, 2.24) is 0 Å². The Hall–Kier alpha value is -1.23. The van der Waals surface area contributed by atoms with Crippen LogP contribution >= 0.6 is 0 Å². The Labute approximate surface area is 98.3 Å². The van der Waals surface area contributed by atoms with Crippen molar-refractivity contribution in [2.75, 3.05) is 0 Å². The van der Waals surface area contributed by atoms with E-state index < -0.39 is 18.6 Å². The molecule has 0 heterocycles. The molecule has 0 spiro atoms. The maximum absolute atomic E-state index is 12.1. The molecule has 3 N–H and O–H groups in total. The lowest BCUT2D eigenvalue weighted by atomic mass is 9.98. The average Bonchev–Trinajstić information content (AvgIpc) is 2.20. The molecule has 0 aliphatic carbocycles. The molecule has 0 saturated heterocycles. The van der Waals surface area contributed by atoms with Crippen LogP contribution in [0.15, 0.2) is 12.1 Å². The van der Waals surface area contributed by atoms with Gasteiger partial charge in [-0.2, -0.15) is 13.2 Å². The van der Waals surface area contributed by atoms with Gasteiger partial charge in [-0.3, -0.25) is 0 Å². The number of phenols is 1. The fourth-order valence-corrected chi connectivity index (χ4v) is 1.69. The van der Waals surface area contributed by atoms with E-state index in [0.717, 1.165) is 0 Å². The standard InChI is InChI=1S/C12H16F3NO/c1-7-5-9(6-8(2)11(7)17)10(16)3-4-12(13,14)15/h5-6,10,17H,3-4,16H2,1-2H3/t10-/m0/s1. The molecule has 1 atom stereocenters. The average molecular weight is 247 g/mol. The van der Waals surface area contributed by atoms with E-state index in [-0.39, 0.29) is 12.2 Å². The van der Waals surface area contributed by atoms with Crippen LogP contribution < -0.4 is 5.73 Å². The van der Waals surface area contributed by atoms with Gasteiger partial charge in [0.15, 0.2) is 0 Å². The van der Waals surface area contributed by atoms with Crippen molar-refractivity contribution < 1.29 is 18.3 Å². The van der Waals surface area contributed by atoms with Crippen LogP contribution in [0.4, 0.5) is 13.2 Å². The smallest absolute Gasteiger partial charge is 0.389 e. The summed E-state index contributed by atoms with van der Waals surface area (Å²) in [6, 6.07) is 2.60. The summed E-state index contributed by atoms with van der Waals surface area (Å²) in [6.45, 7) is 3.39. The molecule has 0 unspecified atom stereocenters. The number of hydrogen-bond donors (Lipinski definition) is 2. The van der Waals surface area contributed by atoms with Gasteiger partial charge < -0.3 is 10.8 Å². The molecule has 17 heavy (non-hydrogen) atoms. The Morgan fingerprint density at radius 3 is 2.12 bits per heavy atom. The van der Waals surface area contributed by atoms with Crippen LogP contribution in [0.2, 0.25) is 0 Å². The largest absolute Gasteiger partial charge is 0.507 e. The first kappa shape index (κ1) is 13.8.